The highest BCUT2D eigenvalue weighted by atomic mass is 16.6. The Balaban J connectivity index is 1.54. The van der Waals surface area contributed by atoms with Crippen LogP contribution < -0.4 is 0 Å². The maximum absolute atomic E-state index is 13.9. The van der Waals surface area contributed by atoms with Gasteiger partial charge in [-0.1, -0.05) is 18.2 Å². The molecule has 5 aromatic rings. The summed E-state index contributed by atoms with van der Waals surface area (Å²) in [4.78, 5) is 50.8. The van der Waals surface area contributed by atoms with E-state index in [2.05, 4.69) is 0 Å². The van der Waals surface area contributed by atoms with Crippen LogP contribution in [0.1, 0.15) is 27.0 Å². The van der Waals surface area contributed by atoms with Gasteiger partial charge in [-0.25, -0.2) is 19.2 Å². The fraction of sp³-hybridized carbons (Fsp3) is 0.111. The number of carbonyl (C=O) groups excluding carboxylic acids is 2. The molecule has 52 heavy (non-hydrogen) atoms. The quantitative estimate of drug-likeness (QED) is 0.0498. The smallest absolute Gasteiger partial charge is 0.345 e. The Bertz CT molecular complexity index is 2250. The minimum Gasteiger partial charge on any atom is -0.504 e. The molecule has 4 aromatic carbocycles. The maximum atomic E-state index is 13.9. The number of carboxylic acid groups (broad SMARTS) is 2. The van der Waals surface area contributed by atoms with Crippen LogP contribution in [0.3, 0.4) is 0 Å². The van der Waals surface area contributed by atoms with Gasteiger partial charge in [-0.2, -0.15) is 0 Å². The molecule has 0 bridgehead atoms. The predicted octanol–water partition coefficient (Wildman–Crippen LogP) is 4.14. The van der Waals surface area contributed by atoms with E-state index < -0.39 is 88.3 Å². The molecule has 0 saturated carbocycles. The Morgan fingerprint density at radius 3 is 1.63 bits per heavy atom. The molecule has 1 aromatic heterocycles. The third kappa shape index (κ3) is 7.76. The van der Waals surface area contributed by atoms with Crippen LogP contribution in [0.4, 0.5) is 0 Å². The van der Waals surface area contributed by atoms with Gasteiger partial charge in [-0.05, 0) is 71.3 Å². The number of aromatic hydroxyl groups is 7. The summed E-state index contributed by atoms with van der Waals surface area (Å²) >= 11 is 0. The van der Waals surface area contributed by atoms with Gasteiger partial charge < -0.3 is 59.8 Å². The van der Waals surface area contributed by atoms with Crippen LogP contribution in [0.2, 0.25) is 0 Å². The van der Waals surface area contributed by atoms with E-state index >= 15 is 0 Å². The van der Waals surface area contributed by atoms with E-state index in [4.69, 9.17) is 13.9 Å². The number of rotatable bonds is 12. The van der Waals surface area contributed by atoms with Crippen molar-refractivity contribution in [1.29, 1.82) is 0 Å². The molecule has 0 aliphatic carbocycles. The number of fused-ring (bicyclic) bond motifs is 1. The molecule has 0 aliphatic rings. The van der Waals surface area contributed by atoms with Gasteiger partial charge in [-0.15, -0.1) is 0 Å². The minimum absolute atomic E-state index is 0.0136. The van der Waals surface area contributed by atoms with Gasteiger partial charge >= 0.3 is 23.9 Å². The van der Waals surface area contributed by atoms with Gasteiger partial charge in [0.1, 0.15) is 11.3 Å². The van der Waals surface area contributed by atoms with Crippen LogP contribution in [0.5, 0.6) is 40.2 Å². The second-order valence-electron chi connectivity index (χ2n) is 11.3. The fourth-order valence-corrected chi connectivity index (χ4v) is 5.12. The second kappa shape index (κ2) is 14.6. The SMILES string of the molecule is O=C(/C=C/c1ccc(O)c2oc(-c3ccc(O)c(O)c3)c(C(=O)O[C@H](Cc3ccc(O)c(O)c3)C(=O)O)c12)O[C@H](Cc1ccc(O)c(O)c1)C(=O)O. The van der Waals surface area contributed by atoms with Gasteiger partial charge in [0.25, 0.3) is 0 Å². The van der Waals surface area contributed by atoms with E-state index in [9.17, 15) is 65.1 Å². The highest BCUT2D eigenvalue weighted by Crippen LogP contribution is 2.42. The Kier molecular flexibility index (Phi) is 10.1. The van der Waals surface area contributed by atoms with Gasteiger partial charge in [0, 0.05) is 29.9 Å². The van der Waals surface area contributed by atoms with Crippen molar-refractivity contribution >= 4 is 40.9 Å². The zero-order valence-electron chi connectivity index (χ0n) is 26.5. The number of hydrogen-bond acceptors (Lipinski definition) is 14. The molecule has 0 radical (unpaired) electrons. The van der Waals surface area contributed by atoms with Crippen molar-refractivity contribution in [3.05, 3.63) is 95.1 Å². The molecule has 268 valence electrons. The largest absolute Gasteiger partial charge is 0.504 e. The van der Waals surface area contributed by atoms with Crippen LogP contribution in [0, 0.1) is 0 Å². The third-order valence-corrected chi connectivity index (χ3v) is 7.67. The first-order valence-electron chi connectivity index (χ1n) is 15.0. The molecule has 16 heteroatoms. The van der Waals surface area contributed by atoms with Crippen molar-refractivity contribution in [1.82, 2.24) is 0 Å². The van der Waals surface area contributed by atoms with Gasteiger partial charge in [-0.3, -0.25) is 0 Å². The lowest BCUT2D eigenvalue weighted by Gasteiger charge is -2.15. The zero-order chi connectivity index (χ0) is 37.9. The summed E-state index contributed by atoms with van der Waals surface area (Å²) in [5, 5.41) is 88.8. The molecule has 0 amide bonds. The Morgan fingerprint density at radius 2 is 1.12 bits per heavy atom. The average molecular weight is 717 g/mol. The summed E-state index contributed by atoms with van der Waals surface area (Å²) < 4.78 is 16.3. The molecular formula is C36H28O16. The molecule has 2 atom stereocenters. The number of esters is 2. The first kappa shape index (κ1) is 35.9. The number of aliphatic carboxylic acids is 2. The van der Waals surface area contributed by atoms with Crippen molar-refractivity contribution in [3.8, 4) is 51.6 Å². The Labute approximate surface area is 291 Å². The normalized spacial score (nSPS) is 12.4. The van der Waals surface area contributed by atoms with E-state index in [-0.39, 0.29) is 45.4 Å². The first-order valence-corrected chi connectivity index (χ1v) is 15.0. The van der Waals surface area contributed by atoms with Crippen LogP contribution in [-0.2, 0) is 36.7 Å². The summed E-state index contributed by atoms with van der Waals surface area (Å²) in [6, 6.07) is 12.7. The summed E-state index contributed by atoms with van der Waals surface area (Å²) in [6.45, 7) is 0. The van der Waals surface area contributed by atoms with Crippen LogP contribution >= 0.6 is 0 Å². The Hall–Kier alpha value is -7.36. The maximum Gasteiger partial charge on any atom is 0.345 e. The topological polar surface area (TPSA) is 282 Å². The van der Waals surface area contributed by atoms with Crippen LogP contribution in [0.15, 0.2) is 77.2 Å². The standard InChI is InChI=1S/C36H28O16/c37-20-6-1-16(11-24(20)41)13-27(34(45)46)50-29(44)10-5-18-3-9-23(40)33-30(18)31(32(52-33)19-4-8-22(39)26(43)15-19)36(49)51-28(35(47)48)14-17-2-7-21(38)25(42)12-17/h1-12,15,27-28,37-43H,13-14H2,(H,45,46)(H,47,48)/b10-5+/t27-,28-/m1/s1. The molecule has 0 spiro atoms. The average Bonchev–Trinajstić information content (AvgIpc) is 3.50. The lowest BCUT2D eigenvalue weighted by molar-refractivity contribution is -0.160. The first-order chi connectivity index (χ1) is 24.6. The number of ether oxygens (including phenoxy) is 2. The molecule has 9 N–H and O–H groups in total. The van der Waals surface area contributed by atoms with Crippen molar-refractivity contribution in [2.75, 3.05) is 0 Å². The molecule has 0 aliphatic heterocycles. The minimum atomic E-state index is -1.88. The van der Waals surface area contributed by atoms with E-state index in [0.717, 1.165) is 54.6 Å². The number of carboxylic acids is 2. The molecule has 1 heterocycles. The van der Waals surface area contributed by atoms with E-state index in [0.29, 0.717) is 0 Å². The molecule has 0 fully saturated rings. The summed E-state index contributed by atoms with van der Waals surface area (Å²) in [5.41, 5.74) is -0.503. The molecule has 16 nitrogen and oxygen atoms in total. The second-order valence-corrected chi connectivity index (χ2v) is 11.3. The number of benzene rings is 4. The number of phenols is 7. The fourth-order valence-electron chi connectivity index (χ4n) is 5.12. The van der Waals surface area contributed by atoms with E-state index in [1.165, 1.54) is 24.3 Å². The summed E-state index contributed by atoms with van der Waals surface area (Å²) in [6.07, 6.45) is -2.58. The predicted molar refractivity (Wildman–Crippen MR) is 177 cm³/mol. The highest BCUT2D eigenvalue weighted by molar-refractivity contribution is 6.13. The van der Waals surface area contributed by atoms with Crippen molar-refractivity contribution in [2.45, 2.75) is 25.0 Å². The number of phenolic OH excluding ortho intramolecular Hbond substituents is 7. The lowest BCUT2D eigenvalue weighted by Crippen LogP contribution is -2.29. The van der Waals surface area contributed by atoms with Crippen LogP contribution in [0.25, 0.3) is 28.4 Å². The third-order valence-electron chi connectivity index (χ3n) is 7.67. The lowest BCUT2D eigenvalue weighted by atomic mass is 10.0. The number of hydrogen-bond donors (Lipinski definition) is 9. The molecule has 0 unspecified atom stereocenters. The van der Waals surface area contributed by atoms with Crippen LogP contribution in [-0.4, -0.2) is 82.0 Å². The van der Waals surface area contributed by atoms with Crippen molar-refractivity contribution < 1.29 is 79.0 Å². The highest BCUT2D eigenvalue weighted by Gasteiger charge is 2.32. The summed E-state index contributed by atoms with van der Waals surface area (Å²) in [7, 11) is 0. The molecular weight excluding hydrogens is 688 g/mol. The summed E-state index contributed by atoms with van der Waals surface area (Å²) in [5.74, 6) is -9.64. The van der Waals surface area contributed by atoms with Crippen molar-refractivity contribution in [3.63, 3.8) is 0 Å². The Morgan fingerprint density at radius 1 is 0.615 bits per heavy atom. The van der Waals surface area contributed by atoms with Crippen molar-refractivity contribution in [2.24, 2.45) is 0 Å². The molecule has 5 rings (SSSR count). The van der Waals surface area contributed by atoms with Gasteiger partial charge in [0.2, 0.25) is 12.2 Å². The van der Waals surface area contributed by atoms with Gasteiger partial charge in [0.05, 0.1) is 0 Å². The van der Waals surface area contributed by atoms with Gasteiger partial charge in [0.15, 0.2) is 45.8 Å². The van der Waals surface area contributed by atoms with E-state index in [1.54, 1.807) is 0 Å². The number of carbonyl (C=O) groups is 4. The molecule has 0 saturated heterocycles. The van der Waals surface area contributed by atoms with E-state index in [1.807, 2.05) is 0 Å². The monoisotopic (exact) mass is 716 g/mol. The number of furan rings is 1. The zero-order valence-corrected chi connectivity index (χ0v) is 26.5.